The van der Waals surface area contributed by atoms with Gasteiger partial charge in [0, 0.05) is 22.7 Å². The smallest absolute Gasteiger partial charge is 0.326 e. The third kappa shape index (κ3) is 4.25. The zero-order valence-corrected chi connectivity index (χ0v) is 17.7. The molecule has 3 aromatic heterocycles. The first-order valence-electron chi connectivity index (χ1n) is 9.63. The predicted molar refractivity (Wildman–Crippen MR) is 122 cm³/mol. The van der Waals surface area contributed by atoms with Gasteiger partial charge in [0.05, 0.1) is 18.4 Å². The molecule has 3 heterocycles. The fraction of sp³-hybridized carbons (Fsp3) is 0.200. The summed E-state index contributed by atoms with van der Waals surface area (Å²) < 4.78 is 1.95. The van der Waals surface area contributed by atoms with E-state index in [1.165, 1.54) is 0 Å². The number of hydrogen-bond donors (Lipinski definition) is 5. The monoisotopic (exact) mass is 452 g/mol. The predicted octanol–water partition coefficient (Wildman–Crippen LogP) is 1.09. The lowest BCUT2D eigenvalue weighted by Gasteiger charge is -2.13. The minimum atomic E-state index is -1.09. The Hall–Kier alpha value is -3.93. The molecule has 32 heavy (non-hydrogen) atoms. The number of carbonyl (C=O) groups is 2. The van der Waals surface area contributed by atoms with Crippen LogP contribution in [0.1, 0.15) is 22.5 Å². The Morgan fingerprint density at radius 2 is 2.00 bits per heavy atom. The zero-order valence-electron chi connectivity index (χ0n) is 16.8. The van der Waals surface area contributed by atoms with E-state index in [0.717, 1.165) is 10.9 Å². The fourth-order valence-corrected chi connectivity index (χ4v) is 3.60. The number of hydrogen-bond acceptors (Lipinski definition) is 9. The normalized spacial score (nSPS) is 12.2. The molecule has 0 radical (unpaired) electrons. The summed E-state index contributed by atoms with van der Waals surface area (Å²) in [6.07, 6.45) is 3.69. The van der Waals surface area contributed by atoms with Gasteiger partial charge >= 0.3 is 5.97 Å². The van der Waals surface area contributed by atoms with Crippen LogP contribution in [0.3, 0.4) is 0 Å². The quantitative estimate of drug-likeness (QED) is 0.257. The number of carbonyl (C=O) groups excluding carboxylic acids is 1. The van der Waals surface area contributed by atoms with E-state index in [0.29, 0.717) is 34.7 Å². The van der Waals surface area contributed by atoms with E-state index in [4.69, 9.17) is 11.5 Å². The van der Waals surface area contributed by atoms with Crippen molar-refractivity contribution in [2.45, 2.75) is 19.0 Å². The first kappa shape index (κ1) is 21.3. The van der Waals surface area contributed by atoms with Gasteiger partial charge in [-0.2, -0.15) is 22.6 Å². The maximum absolute atomic E-state index is 12.5. The number of thiol groups is 1. The van der Waals surface area contributed by atoms with Crippen LogP contribution in [0.5, 0.6) is 0 Å². The molecule has 1 amide bonds. The number of benzene rings is 1. The summed E-state index contributed by atoms with van der Waals surface area (Å²) >= 11 is 4.04. The van der Waals surface area contributed by atoms with Gasteiger partial charge in [-0.3, -0.25) is 4.79 Å². The number of nitrogens with two attached hydrogens (primary N) is 2. The Bertz CT molecular complexity index is 1340. The highest BCUT2D eigenvalue weighted by molar-refractivity contribution is 7.80. The molecule has 0 fully saturated rings. The molecule has 0 bridgehead atoms. The van der Waals surface area contributed by atoms with Crippen LogP contribution < -0.4 is 16.8 Å². The maximum Gasteiger partial charge on any atom is 0.326 e. The number of amides is 1. The molecule has 0 spiro atoms. The number of nitrogen functional groups attached to an aromatic ring is 2. The highest BCUT2D eigenvalue weighted by Gasteiger charge is 2.20. The minimum Gasteiger partial charge on any atom is -0.480 e. The van der Waals surface area contributed by atoms with E-state index in [1.807, 2.05) is 16.8 Å². The number of fused-ring (bicyclic) bond motifs is 2. The summed E-state index contributed by atoms with van der Waals surface area (Å²) in [4.78, 5) is 40.5. The van der Waals surface area contributed by atoms with E-state index in [2.05, 4.69) is 37.9 Å². The maximum atomic E-state index is 12.5. The first-order chi connectivity index (χ1) is 15.4. The summed E-state index contributed by atoms with van der Waals surface area (Å²) in [5.74, 6) is -1.00. The van der Waals surface area contributed by atoms with Gasteiger partial charge in [-0.25, -0.2) is 14.8 Å². The van der Waals surface area contributed by atoms with Crippen LogP contribution >= 0.6 is 12.6 Å². The summed E-state index contributed by atoms with van der Waals surface area (Å²) in [7, 11) is 0. The van der Waals surface area contributed by atoms with Crippen molar-refractivity contribution in [3.63, 3.8) is 0 Å². The molecule has 6 N–H and O–H groups in total. The highest BCUT2D eigenvalue weighted by atomic mass is 32.1. The molecule has 0 aliphatic carbocycles. The van der Waals surface area contributed by atoms with E-state index >= 15 is 0 Å². The Morgan fingerprint density at radius 3 is 2.75 bits per heavy atom. The molecule has 0 saturated heterocycles. The molecule has 12 heteroatoms. The van der Waals surface area contributed by atoms with Crippen molar-refractivity contribution in [3.05, 3.63) is 47.9 Å². The average molecular weight is 453 g/mol. The number of aromatic nitrogens is 5. The van der Waals surface area contributed by atoms with Crippen molar-refractivity contribution < 1.29 is 14.7 Å². The topological polar surface area (TPSA) is 175 Å². The standard InChI is InChI=1S/C20H20N8O3S/c21-16-15-17(27-20(22)26-16)23-8-12(24-15)9-28-5-3-10-7-11(1-2-14(10)28)18(29)25-13(4-6-32)19(30)31/h1-3,5,7-8,13,32H,4,6,9H2,(H,25,29)(H,30,31)(H4,21,22,23,26,27). The van der Waals surface area contributed by atoms with Crippen LogP contribution in [0.4, 0.5) is 11.8 Å². The Labute approximate surface area is 187 Å². The Balaban J connectivity index is 1.57. The lowest BCUT2D eigenvalue weighted by atomic mass is 10.1. The van der Waals surface area contributed by atoms with E-state index in [-0.39, 0.29) is 18.2 Å². The molecule has 1 atom stereocenters. The van der Waals surface area contributed by atoms with Crippen LogP contribution in [-0.4, -0.2) is 53.3 Å². The summed E-state index contributed by atoms with van der Waals surface area (Å²) in [6.45, 7) is 0.408. The Kier molecular flexibility index (Phi) is 5.77. The van der Waals surface area contributed by atoms with Gasteiger partial charge in [-0.1, -0.05) is 0 Å². The number of carboxylic acid groups (broad SMARTS) is 1. The van der Waals surface area contributed by atoms with Crippen molar-refractivity contribution in [3.8, 4) is 0 Å². The van der Waals surface area contributed by atoms with Crippen LogP contribution in [-0.2, 0) is 11.3 Å². The van der Waals surface area contributed by atoms with Gasteiger partial charge in [-0.05, 0) is 36.4 Å². The lowest BCUT2D eigenvalue weighted by Crippen LogP contribution is -2.41. The molecular weight excluding hydrogens is 432 g/mol. The number of aliphatic carboxylic acids is 1. The van der Waals surface area contributed by atoms with Gasteiger partial charge in [0.15, 0.2) is 17.0 Å². The molecular formula is C20H20N8O3S. The van der Waals surface area contributed by atoms with Crippen molar-refractivity contribution >= 4 is 58.3 Å². The number of carboxylic acids is 1. The SMILES string of the molecule is Nc1nc(N)c2nc(Cn3ccc4cc(C(=O)NC(CCS)C(=O)O)ccc43)cnc2n1. The second-order valence-corrected chi connectivity index (χ2v) is 7.54. The first-order valence-corrected chi connectivity index (χ1v) is 10.3. The van der Waals surface area contributed by atoms with Crippen molar-refractivity contribution in [1.82, 2.24) is 29.8 Å². The molecule has 11 nitrogen and oxygen atoms in total. The molecule has 0 aliphatic heterocycles. The van der Waals surface area contributed by atoms with Crippen LogP contribution in [0, 0.1) is 0 Å². The van der Waals surface area contributed by atoms with Gasteiger partial charge in [0.1, 0.15) is 6.04 Å². The Morgan fingerprint density at radius 1 is 1.19 bits per heavy atom. The van der Waals surface area contributed by atoms with Crippen LogP contribution in [0.25, 0.3) is 22.1 Å². The molecule has 4 aromatic rings. The van der Waals surface area contributed by atoms with Gasteiger partial charge in [0.25, 0.3) is 5.91 Å². The molecule has 1 aromatic carbocycles. The molecule has 0 saturated carbocycles. The fourth-order valence-electron chi connectivity index (χ4n) is 3.34. The van der Waals surface area contributed by atoms with Crippen LogP contribution in [0.15, 0.2) is 36.7 Å². The van der Waals surface area contributed by atoms with E-state index in [9.17, 15) is 14.7 Å². The summed E-state index contributed by atoms with van der Waals surface area (Å²) in [5.41, 5.74) is 14.1. The minimum absolute atomic E-state index is 0.0357. The third-order valence-corrected chi connectivity index (χ3v) is 5.15. The lowest BCUT2D eigenvalue weighted by molar-refractivity contribution is -0.139. The number of rotatable bonds is 7. The second kappa shape index (κ2) is 8.67. The number of nitrogens with zero attached hydrogens (tertiary/aromatic N) is 5. The summed E-state index contributed by atoms with van der Waals surface area (Å²) in [6, 6.07) is 6.03. The summed E-state index contributed by atoms with van der Waals surface area (Å²) in [5, 5.41) is 12.6. The second-order valence-electron chi connectivity index (χ2n) is 7.09. The molecule has 0 aliphatic rings. The zero-order chi connectivity index (χ0) is 22.8. The van der Waals surface area contributed by atoms with Gasteiger partial charge in [-0.15, -0.1) is 0 Å². The van der Waals surface area contributed by atoms with E-state index < -0.39 is 17.9 Å². The highest BCUT2D eigenvalue weighted by Crippen LogP contribution is 2.20. The van der Waals surface area contributed by atoms with Crippen molar-refractivity contribution in [1.29, 1.82) is 0 Å². The van der Waals surface area contributed by atoms with Gasteiger partial charge in [0.2, 0.25) is 5.95 Å². The molecule has 1 unspecified atom stereocenters. The molecule has 164 valence electrons. The molecule has 4 rings (SSSR count). The average Bonchev–Trinajstić information content (AvgIpc) is 3.15. The largest absolute Gasteiger partial charge is 0.480 e. The van der Waals surface area contributed by atoms with Crippen molar-refractivity contribution in [2.24, 2.45) is 0 Å². The van der Waals surface area contributed by atoms with Gasteiger partial charge < -0.3 is 26.5 Å². The van der Waals surface area contributed by atoms with Crippen LogP contribution in [0.2, 0.25) is 0 Å². The number of nitrogens with one attached hydrogen (secondary N) is 1. The van der Waals surface area contributed by atoms with E-state index in [1.54, 1.807) is 24.4 Å². The number of anilines is 2. The third-order valence-electron chi connectivity index (χ3n) is 4.89. The van der Waals surface area contributed by atoms with Crippen molar-refractivity contribution in [2.75, 3.05) is 17.2 Å².